The van der Waals surface area contributed by atoms with Crippen molar-refractivity contribution >= 4 is 34.2 Å². The summed E-state index contributed by atoms with van der Waals surface area (Å²) in [6.45, 7) is 0.994. The van der Waals surface area contributed by atoms with Crippen molar-refractivity contribution in [3.05, 3.63) is 77.1 Å². The molecule has 0 radical (unpaired) electrons. The molecule has 28 heavy (non-hydrogen) atoms. The van der Waals surface area contributed by atoms with E-state index < -0.39 is 6.04 Å². The van der Waals surface area contributed by atoms with Crippen molar-refractivity contribution < 1.29 is 9.59 Å². The van der Waals surface area contributed by atoms with Gasteiger partial charge in [-0.25, -0.2) is 0 Å². The van der Waals surface area contributed by atoms with Gasteiger partial charge in [0.25, 0.3) is 5.91 Å². The molecule has 1 fully saturated rings. The molecule has 1 aromatic heterocycles. The van der Waals surface area contributed by atoms with Crippen molar-refractivity contribution in [1.29, 1.82) is 0 Å². The van der Waals surface area contributed by atoms with Crippen LogP contribution >= 0.6 is 11.6 Å². The maximum Gasteiger partial charge on any atom is 0.255 e. The Morgan fingerprint density at radius 1 is 1.14 bits per heavy atom. The molecule has 1 N–H and O–H groups in total. The lowest BCUT2D eigenvalue weighted by molar-refractivity contribution is -0.125. The number of amides is 2. The van der Waals surface area contributed by atoms with Crippen LogP contribution in [-0.4, -0.2) is 34.3 Å². The Morgan fingerprint density at radius 3 is 2.79 bits per heavy atom. The average Bonchev–Trinajstić information content (AvgIpc) is 3.22. The third-order valence-corrected chi connectivity index (χ3v) is 5.36. The lowest BCUT2D eigenvalue weighted by Gasteiger charge is -2.24. The largest absolute Gasteiger partial charge is 0.350 e. The van der Waals surface area contributed by atoms with Gasteiger partial charge < -0.3 is 10.2 Å². The van der Waals surface area contributed by atoms with Crippen molar-refractivity contribution in [1.82, 2.24) is 15.2 Å². The minimum atomic E-state index is -0.447. The molecule has 0 aliphatic carbocycles. The highest BCUT2D eigenvalue weighted by atomic mass is 35.5. The Balaban J connectivity index is 1.50. The van der Waals surface area contributed by atoms with E-state index >= 15 is 0 Å². The number of pyridine rings is 1. The molecular weight excluding hydrogens is 374 g/mol. The van der Waals surface area contributed by atoms with Gasteiger partial charge in [-0.05, 0) is 48.1 Å². The van der Waals surface area contributed by atoms with Crippen molar-refractivity contribution in [3.63, 3.8) is 0 Å². The van der Waals surface area contributed by atoms with Crippen molar-refractivity contribution in [2.45, 2.75) is 25.4 Å². The monoisotopic (exact) mass is 393 g/mol. The first kappa shape index (κ1) is 18.4. The fourth-order valence-corrected chi connectivity index (χ4v) is 3.78. The predicted molar refractivity (Wildman–Crippen MR) is 109 cm³/mol. The molecule has 0 spiro atoms. The quantitative estimate of drug-likeness (QED) is 0.733. The van der Waals surface area contributed by atoms with Gasteiger partial charge in [-0.3, -0.25) is 14.6 Å². The Kier molecular flexibility index (Phi) is 5.26. The number of benzene rings is 2. The van der Waals surface area contributed by atoms with Gasteiger partial charge in [0.15, 0.2) is 0 Å². The van der Waals surface area contributed by atoms with Crippen LogP contribution in [-0.2, 0) is 11.3 Å². The smallest absolute Gasteiger partial charge is 0.255 e. The number of likely N-dealkylation sites (tertiary alicyclic amines) is 1. The van der Waals surface area contributed by atoms with Gasteiger partial charge in [-0.15, -0.1) is 0 Å². The zero-order valence-corrected chi connectivity index (χ0v) is 16.0. The van der Waals surface area contributed by atoms with E-state index in [0.29, 0.717) is 30.1 Å². The molecule has 2 amide bonds. The molecule has 1 aliphatic heterocycles. The summed E-state index contributed by atoms with van der Waals surface area (Å²) in [5.74, 6) is -0.233. The molecule has 1 saturated heterocycles. The van der Waals surface area contributed by atoms with Crippen LogP contribution in [0.15, 0.2) is 60.9 Å². The Hall–Kier alpha value is -2.92. The van der Waals surface area contributed by atoms with E-state index in [-0.39, 0.29) is 11.8 Å². The summed E-state index contributed by atoms with van der Waals surface area (Å²) >= 11 is 5.90. The van der Waals surface area contributed by atoms with Crippen LogP contribution in [0.2, 0.25) is 5.02 Å². The molecule has 4 rings (SSSR count). The van der Waals surface area contributed by atoms with Gasteiger partial charge >= 0.3 is 0 Å². The molecule has 142 valence electrons. The third kappa shape index (κ3) is 3.71. The number of nitrogens with zero attached hydrogens (tertiary/aromatic N) is 2. The molecule has 6 heteroatoms. The Labute approximate surface area is 168 Å². The van der Waals surface area contributed by atoms with Gasteiger partial charge in [0.1, 0.15) is 6.04 Å². The average molecular weight is 394 g/mol. The van der Waals surface area contributed by atoms with Crippen LogP contribution < -0.4 is 5.32 Å². The van der Waals surface area contributed by atoms with E-state index in [2.05, 4.69) is 10.3 Å². The highest BCUT2D eigenvalue weighted by molar-refractivity contribution is 6.30. The van der Waals surface area contributed by atoms with Crippen LogP contribution in [0.1, 0.15) is 28.8 Å². The lowest BCUT2D eigenvalue weighted by atomic mass is 10.0. The number of rotatable bonds is 4. The number of aromatic nitrogens is 1. The van der Waals surface area contributed by atoms with E-state index in [9.17, 15) is 9.59 Å². The molecule has 2 aromatic carbocycles. The number of carbonyl (C=O) groups excluding carboxylic acids is 2. The van der Waals surface area contributed by atoms with Crippen LogP contribution in [0.3, 0.4) is 0 Å². The highest BCUT2D eigenvalue weighted by Gasteiger charge is 2.34. The zero-order valence-electron chi connectivity index (χ0n) is 15.3. The Bertz CT molecular complexity index is 1010. The van der Waals surface area contributed by atoms with Crippen LogP contribution in [0.5, 0.6) is 0 Å². The van der Waals surface area contributed by atoms with Gasteiger partial charge in [-0.1, -0.05) is 35.9 Å². The third-order valence-electron chi connectivity index (χ3n) is 5.11. The number of carbonyl (C=O) groups is 2. The maximum absolute atomic E-state index is 13.2. The molecule has 2 heterocycles. The zero-order chi connectivity index (χ0) is 19.5. The lowest BCUT2D eigenvalue weighted by Crippen LogP contribution is -2.45. The first-order valence-corrected chi connectivity index (χ1v) is 9.67. The highest BCUT2D eigenvalue weighted by Crippen LogP contribution is 2.24. The summed E-state index contributed by atoms with van der Waals surface area (Å²) in [6, 6.07) is 14.3. The summed E-state index contributed by atoms with van der Waals surface area (Å²) in [4.78, 5) is 31.8. The second-order valence-corrected chi connectivity index (χ2v) is 7.34. The number of nitrogens with one attached hydrogen (secondary N) is 1. The molecule has 1 aliphatic rings. The molecule has 1 atom stereocenters. The number of hydrogen-bond acceptors (Lipinski definition) is 3. The van der Waals surface area contributed by atoms with Gasteiger partial charge in [0.05, 0.1) is 0 Å². The summed E-state index contributed by atoms with van der Waals surface area (Å²) in [5.41, 5.74) is 1.58. The standard InChI is InChI=1S/C22H20ClN3O2/c23-17-8-6-15(7-9-17)13-25-21(27)20-5-2-12-26(20)22(28)19-4-1-3-16-14-24-11-10-18(16)19/h1,3-4,6-11,14,20H,2,5,12-13H2,(H,25,27). The van der Waals surface area contributed by atoms with Crippen LogP contribution in [0, 0.1) is 0 Å². The molecule has 1 unspecified atom stereocenters. The minimum absolute atomic E-state index is 0.110. The predicted octanol–water partition coefficient (Wildman–Crippen LogP) is 3.81. The maximum atomic E-state index is 13.2. The Morgan fingerprint density at radius 2 is 1.96 bits per heavy atom. The molecular formula is C22H20ClN3O2. The number of fused-ring (bicyclic) bond motifs is 1. The summed E-state index contributed by atoms with van der Waals surface area (Å²) in [6.07, 6.45) is 4.91. The summed E-state index contributed by atoms with van der Waals surface area (Å²) < 4.78 is 0. The fraction of sp³-hybridized carbons (Fsp3) is 0.227. The van der Waals surface area contributed by atoms with Gasteiger partial charge in [0.2, 0.25) is 5.91 Å². The fourth-order valence-electron chi connectivity index (χ4n) is 3.66. The van der Waals surface area contributed by atoms with Crippen molar-refractivity contribution in [3.8, 4) is 0 Å². The first-order valence-electron chi connectivity index (χ1n) is 9.29. The van der Waals surface area contributed by atoms with E-state index in [1.165, 1.54) is 0 Å². The molecule has 0 saturated carbocycles. The first-order chi connectivity index (χ1) is 13.6. The second kappa shape index (κ2) is 7.98. The van der Waals surface area contributed by atoms with Crippen LogP contribution in [0.25, 0.3) is 10.8 Å². The van der Waals surface area contributed by atoms with E-state index in [4.69, 9.17) is 11.6 Å². The number of hydrogen-bond donors (Lipinski definition) is 1. The molecule has 5 nitrogen and oxygen atoms in total. The van der Waals surface area contributed by atoms with E-state index in [1.807, 2.05) is 36.4 Å². The molecule has 0 bridgehead atoms. The summed E-state index contributed by atoms with van der Waals surface area (Å²) in [5, 5.41) is 5.38. The number of halogens is 1. The van der Waals surface area contributed by atoms with Crippen molar-refractivity contribution in [2.75, 3.05) is 6.54 Å². The normalized spacial score (nSPS) is 16.3. The topological polar surface area (TPSA) is 62.3 Å². The minimum Gasteiger partial charge on any atom is -0.350 e. The van der Waals surface area contributed by atoms with Gasteiger partial charge in [-0.2, -0.15) is 0 Å². The SMILES string of the molecule is O=C(NCc1ccc(Cl)cc1)C1CCCN1C(=O)c1cccc2cnccc12. The second-order valence-electron chi connectivity index (χ2n) is 6.90. The summed E-state index contributed by atoms with van der Waals surface area (Å²) in [7, 11) is 0. The van der Waals surface area contributed by atoms with Gasteiger partial charge in [0, 0.05) is 41.5 Å². The molecule has 3 aromatic rings. The van der Waals surface area contributed by atoms with Crippen molar-refractivity contribution in [2.24, 2.45) is 0 Å². The van der Waals surface area contributed by atoms with E-state index in [0.717, 1.165) is 22.8 Å². The van der Waals surface area contributed by atoms with E-state index in [1.54, 1.807) is 29.4 Å². The van der Waals surface area contributed by atoms with Crippen LogP contribution in [0.4, 0.5) is 0 Å².